The number of aliphatic hydroxyl groups is 10. The van der Waals surface area contributed by atoms with E-state index in [4.69, 9.17) is 72.6 Å². The number of ketones is 1. The molecule has 0 saturated carbocycles. The van der Waals surface area contributed by atoms with Gasteiger partial charge in [0, 0.05) is 65.6 Å². The SMILES string of the molecule is C=C(C/C=C(\C)CCC=C(C)C)CCC(C)(C)/C=C/CC/C(C)=C\CO[C@H](COP(=O)(O)O[C@H]1O[C@H](C(N)=O)[C@@](C)(O)[C@H](OC(N)=O)[C@H]1O[C@@H]1O[C@H](CO[C@@H]2O[C@H](CO)[C@@H](O)[C@H](O)[C@H]2O)[C@@H](O[C@@H]2O[C@H](C)[C@@H](O[C@@H]3O[C@H](c4nc(C(=O)CCC(=O)O)nn4-c4ccc([N+](=O)[O-])c(C(=O)NCCN5CCNCC5)c4)[C@H](O)[C@H](O)[C@H]3O)[C@H](O)[C@H]2NC(C)=O)[C@@H](O)[C@H]1NC(C)=O)C(=O)O. The molecule has 0 aliphatic carbocycles. The number of hydrogen-bond donors (Lipinski definition) is 19. The van der Waals surface area contributed by atoms with E-state index in [1.807, 2.05) is 11.0 Å². The van der Waals surface area contributed by atoms with Crippen LogP contribution >= 0.6 is 7.82 Å². The Bertz CT molecular complexity index is 4440. The average molecular weight is 1890 g/mol. The number of aromatic nitrogens is 3. The molecule has 5 amide bonds. The van der Waals surface area contributed by atoms with Crippen molar-refractivity contribution in [1.82, 2.24) is 40.9 Å². The largest absolute Gasteiger partial charge is 0.481 e. The summed E-state index contributed by atoms with van der Waals surface area (Å²) in [6.45, 7) is 19.6. The van der Waals surface area contributed by atoms with Gasteiger partial charge in [-0.25, -0.2) is 23.8 Å². The van der Waals surface area contributed by atoms with Gasteiger partial charge in [0.05, 0.1) is 49.6 Å². The molecule has 48 nitrogen and oxygen atoms in total. The number of carbonyl (C=O) groups is 8. The highest BCUT2D eigenvalue weighted by Gasteiger charge is 2.63. The zero-order chi connectivity index (χ0) is 97.0. The first kappa shape index (κ1) is 108. The number of phosphoric ester groups is 1. The number of aliphatic carboxylic acids is 2. The first-order valence-electron chi connectivity index (χ1n) is 42.5. The van der Waals surface area contributed by atoms with Crippen molar-refractivity contribution in [1.29, 1.82) is 0 Å². The molecule has 1 aromatic carbocycles. The van der Waals surface area contributed by atoms with Gasteiger partial charge >= 0.3 is 25.9 Å². The second-order valence-electron chi connectivity index (χ2n) is 33.9. The predicted molar refractivity (Wildman–Crippen MR) is 450 cm³/mol. The minimum absolute atomic E-state index is 0.0290. The van der Waals surface area contributed by atoms with Crippen LogP contribution in [-0.4, -0.2) is 357 Å². The molecule has 734 valence electrons. The normalized spacial score (nSPS) is 31.7. The zero-order valence-corrected chi connectivity index (χ0v) is 75.0. The van der Waals surface area contributed by atoms with Crippen LogP contribution in [0.25, 0.3) is 5.69 Å². The first-order valence-corrected chi connectivity index (χ1v) is 44.0. The molecule has 27 atom stereocenters. The summed E-state index contributed by atoms with van der Waals surface area (Å²) in [4.78, 5) is 134. The fraction of sp³-hybridized carbons (Fsp3) is 0.683. The molecule has 131 heavy (non-hydrogen) atoms. The lowest BCUT2D eigenvalue weighted by molar-refractivity contribution is -0.385. The smallest absolute Gasteiger partial charge is 0.474 e. The van der Waals surface area contributed by atoms with Crippen molar-refractivity contribution in [3.05, 3.63) is 105 Å². The first-order chi connectivity index (χ1) is 61.5. The molecule has 6 saturated heterocycles. The molecule has 49 heteroatoms. The monoisotopic (exact) mass is 1890 g/mol. The molecular formula is C82H124N11O37P. The summed E-state index contributed by atoms with van der Waals surface area (Å²) in [5, 5.41) is 163. The van der Waals surface area contributed by atoms with E-state index in [0.717, 1.165) is 86.9 Å². The number of allylic oxidation sites excluding steroid dienone is 8. The molecular weight excluding hydrogens is 1760 g/mol. The van der Waals surface area contributed by atoms with E-state index in [2.05, 4.69) is 90.8 Å². The van der Waals surface area contributed by atoms with Crippen molar-refractivity contribution < 1.29 is 175 Å². The number of Topliss-reactive ketones (excluding diaryl/α,β-unsaturated/α-hetero) is 1. The summed E-state index contributed by atoms with van der Waals surface area (Å²) in [6.07, 6.45) is -38.3. The van der Waals surface area contributed by atoms with Gasteiger partial charge in [0.1, 0.15) is 103 Å². The van der Waals surface area contributed by atoms with E-state index < -0.39 is 275 Å². The highest BCUT2D eigenvalue weighted by atomic mass is 31.2. The fourth-order valence-electron chi connectivity index (χ4n) is 15.2. The molecule has 0 spiro atoms. The third kappa shape index (κ3) is 30.0. The van der Waals surface area contributed by atoms with Gasteiger partial charge in [-0.15, -0.1) is 5.10 Å². The number of carboxylic acids is 2. The number of ether oxygens (including phenoxy) is 11. The van der Waals surface area contributed by atoms with E-state index in [9.17, 15) is 119 Å². The highest BCUT2D eigenvalue weighted by molar-refractivity contribution is 7.47. The number of aliphatic hydroxyl groups excluding tert-OH is 9. The van der Waals surface area contributed by atoms with Crippen LogP contribution < -0.4 is 32.7 Å². The number of phosphoric acid groups is 1. The topological polar surface area (TPSA) is 714 Å². The van der Waals surface area contributed by atoms with Gasteiger partial charge in [-0.05, 0) is 104 Å². The summed E-state index contributed by atoms with van der Waals surface area (Å²) in [5.41, 5.74) is 11.0. The molecule has 1 aromatic heterocycles. The Morgan fingerprint density at radius 2 is 1.37 bits per heavy atom. The maximum absolute atomic E-state index is 14.3. The molecule has 1 unspecified atom stereocenters. The number of piperazine rings is 1. The highest BCUT2D eigenvalue weighted by Crippen LogP contribution is 2.49. The van der Waals surface area contributed by atoms with Crippen molar-refractivity contribution in [2.75, 3.05) is 65.7 Å². The summed E-state index contributed by atoms with van der Waals surface area (Å²) in [5.74, 6) is -10.1. The van der Waals surface area contributed by atoms with Crippen molar-refractivity contribution in [2.45, 2.75) is 286 Å². The van der Waals surface area contributed by atoms with Gasteiger partial charge in [-0.1, -0.05) is 73.1 Å². The third-order valence-electron chi connectivity index (χ3n) is 22.5. The predicted octanol–water partition coefficient (Wildman–Crippen LogP) is -1.73. The molecule has 2 aromatic rings. The molecule has 6 fully saturated rings. The summed E-state index contributed by atoms with van der Waals surface area (Å²) >= 11 is 0. The quantitative estimate of drug-likeness (QED) is 0.0115. The maximum atomic E-state index is 14.3. The minimum atomic E-state index is -5.91. The van der Waals surface area contributed by atoms with Gasteiger partial charge in [-0.3, -0.25) is 52.8 Å². The lowest BCUT2D eigenvalue weighted by Gasteiger charge is -2.52. The van der Waals surface area contributed by atoms with Gasteiger partial charge in [0.15, 0.2) is 61.7 Å². The Morgan fingerprint density at radius 1 is 0.756 bits per heavy atom. The molecule has 21 N–H and O–H groups in total. The van der Waals surface area contributed by atoms with Crippen LogP contribution in [0.4, 0.5) is 10.5 Å². The number of rotatable bonds is 46. The van der Waals surface area contributed by atoms with Crippen molar-refractivity contribution in [3.63, 3.8) is 0 Å². The molecule has 6 aliphatic rings. The van der Waals surface area contributed by atoms with Crippen LogP contribution in [0.15, 0.2) is 77.5 Å². The van der Waals surface area contributed by atoms with Crippen LogP contribution in [0.5, 0.6) is 0 Å². The Morgan fingerprint density at radius 3 is 1.98 bits per heavy atom. The van der Waals surface area contributed by atoms with E-state index in [1.165, 1.54) is 18.1 Å². The van der Waals surface area contributed by atoms with E-state index in [1.54, 1.807) is 13.0 Å². The number of carboxylic acid groups (broad SMARTS) is 2. The number of hydrogen-bond acceptors (Lipinski definition) is 38. The van der Waals surface area contributed by atoms with Gasteiger partial charge < -0.3 is 151 Å². The summed E-state index contributed by atoms with van der Waals surface area (Å²) in [7, 11) is -5.91. The number of nitro benzene ring substituents is 1. The second kappa shape index (κ2) is 48.6. The van der Waals surface area contributed by atoms with E-state index >= 15 is 0 Å². The third-order valence-corrected chi connectivity index (χ3v) is 23.5. The summed E-state index contributed by atoms with van der Waals surface area (Å²) in [6, 6.07) is -1.20. The number of benzene rings is 1. The van der Waals surface area contributed by atoms with Crippen molar-refractivity contribution in [2.24, 2.45) is 16.9 Å². The molecule has 6 aliphatic heterocycles. The molecule has 7 heterocycles. The Hall–Kier alpha value is -8.55. The van der Waals surface area contributed by atoms with Crippen LogP contribution in [-0.2, 0) is 89.7 Å². The zero-order valence-electron chi connectivity index (χ0n) is 74.1. The molecule has 8 rings (SSSR count). The van der Waals surface area contributed by atoms with Gasteiger partial charge in [-0.2, -0.15) is 0 Å². The average Bonchev–Trinajstić information content (AvgIpc) is 0.786. The van der Waals surface area contributed by atoms with E-state index in [0.29, 0.717) is 45.6 Å². The standard InChI is InChI=1S/C82H124N11O37P/c1-39(2)15-14-17-40(3)18-19-42(5)24-27-81(9,10)26-13-12-16-41(4)25-34-118-52(74(110)111)38-120-131(116,117)130-79-67(68(129-80(84)112)82(11,113)69(128-79)70(83)108)127-76-55(88-45(8)96)58(102)65(51(123-76)37-119-77-62(106)59(103)56(100)50(36-94)122-77)125-75-54(87-44(7)95)57(101)64(43(6)121-75)124-78-63(107)60(104)61(105)66(126-78)72-89-71(49(97)22-23-53(98)99)90-92(72)46-20-21-48(93(114)115)47(35-46)73(109)86-30-33-91-31-28-85-29-32-91/h13,15,18,20-21,25-26,35,43,50-52,54-69,75-79,85,94,100-107,113H,5,12,14,16-17,19,22-24,27-34,36-38H2,1-4,6-11H3,(H2,83,108)(H2,84,112)(H,86,109)(H,87,95)(H,88,96)(H,98,99)(H,110,111)(H,116,117)/b26-13+,40-18+,41-25-/t43-,50-,51-,52-,54-,55-,56-,57-,58+,59+,60+,61-,62-,63-,64-,65-,66+,67-,68-,69-,75+,76+,77-,78-,79-,82+/m1/s1. The van der Waals surface area contributed by atoms with Crippen LogP contribution in [0.3, 0.4) is 0 Å². The van der Waals surface area contributed by atoms with Crippen LogP contribution in [0.2, 0.25) is 0 Å². The number of nitro groups is 1. The number of amides is 5. The minimum Gasteiger partial charge on any atom is -0.481 e. The fourth-order valence-corrected chi connectivity index (χ4v) is 16.0. The number of nitrogens with two attached hydrogens (primary N) is 2. The second-order valence-corrected chi connectivity index (χ2v) is 35.4. The molecule has 0 radical (unpaired) electrons. The molecule has 0 bridgehead atoms. The number of nitrogens with one attached hydrogen (secondary N) is 4. The number of nitrogens with zero attached hydrogens (tertiary/aromatic N) is 5. The Kier molecular flexibility index (Phi) is 40.0. The van der Waals surface area contributed by atoms with Crippen LogP contribution in [0.1, 0.15) is 160 Å². The van der Waals surface area contributed by atoms with Crippen LogP contribution in [0, 0.1) is 15.5 Å². The van der Waals surface area contributed by atoms with Crippen molar-refractivity contribution in [3.8, 4) is 5.69 Å². The Labute approximate surface area is 753 Å². The van der Waals surface area contributed by atoms with Gasteiger partial charge in [0.25, 0.3) is 11.6 Å². The lowest BCUT2D eigenvalue weighted by atomic mass is 9.85. The lowest BCUT2D eigenvalue weighted by Crippen LogP contribution is -2.72. The van der Waals surface area contributed by atoms with Crippen molar-refractivity contribution >= 4 is 61.0 Å². The maximum Gasteiger partial charge on any atom is 0.474 e. The Balaban J connectivity index is 1.05. The number of carbonyl (C=O) groups excluding carboxylic acids is 6. The van der Waals surface area contributed by atoms with Gasteiger partial charge in [0.2, 0.25) is 29.3 Å². The van der Waals surface area contributed by atoms with E-state index in [-0.39, 0.29) is 24.3 Å². The number of primary amides is 2. The summed E-state index contributed by atoms with van der Waals surface area (Å²) < 4.78 is 91.3.